The third kappa shape index (κ3) is 9.07. The van der Waals surface area contributed by atoms with Crippen LogP contribution in [0.3, 0.4) is 0 Å². The standard InChI is InChI=1S/C8H24O12Si8.C4H12OSi.C3H10OSi/c1-21-9-22(2)12-25(5)14-23(3,10-21)16-27(7)17-24(4,11-21)15-26(6,13-22)19-28(8,18-25)20-27;1-5-6(2,3)4;1-4-5(2)3/h1-8H3;1-4H3;5H,1-3H3. The lowest BCUT2D eigenvalue weighted by atomic mass is 11.8. The molecule has 230 valence electrons. The SMILES string of the molecule is CO[SiH](C)C.CO[Si](C)(C)C.C[Si]12O[Si]3(C)O[Si]4(C)O[Si](C)(O1)O[Si]1(C)O[Si](C)(O2)O[Si](C)(O3)O[Si](C)(O4)O1. The van der Waals surface area contributed by atoms with Gasteiger partial charge in [-0.3, -0.25) is 0 Å². The van der Waals surface area contributed by atoms with Crippen LogP contribution in [-0.2, 0) is 58.2 Å². The highest BCUT2D eigenvalue weighted by molar-refractivity contribution is 7.02. The van der Waals surface area contributed by atoms with Gasteiger partial charge in [0, 0.05) is 66.6 Å². The Labute approximate surface area is 244 Å². The molecule has 6 aliphatic heterocycles. The smallest absolute Gasteiger partial charge is 0.424 e. The van der Waals surface area contributed by atoms with Crippen LogP contribution in [0.1, 0.15) is 0 Å². The van der Waals surface area contributed by atoms with E-state index in [9.17, 15) is 0 Å². The van der Waals surface area contributed by atoms with Gasteiger partial charge in [0.2, 0.25) is 0 Å². The maximum Gasteiger partial charge on any atom is 0.475 e. The van der Waals surface area contributed by atoms with E-state index in [1.807, 2.05) is 0 Å². The molecule has 6 saturated heterocycles. The van der Waals surface area contributed by atoms with Crippen molar-refractivity contribution in [2.24, 2.45) is 0 Å². The minimum absolute atomic E-state index is 0.650. The summed E-state index contributed by atoms with van der Waals surface area (Å²) in [6.07, 6.45) is 0. The summed E-state index contributed by atoms with van der Waals surface area (Å²) in [6, 6.07) is 0. The topological polar surface area (TPSA) is 129 Å². The molecule has 6 fully saturated rings. The summed E-state index contributed by atoms with van der Waals surface area (Å²) in [5.41, 5.74) is 0. The Morgan fingerprint density at radius 1 is 0.410 bits per heavy atom. The maximum atomic E-state index is 6.39. The first-order chi connectivity index (χ1) is 17.3. The van der Waals surface area contributed by atoms with E-state index in [1.54, 1.807) is 66.6 Å². The molecular formula is C15H46O14Si10. The molecule has 0 spiro atoms. The van der Waals surface area contributed by atoms with Gasteiger partial charge in [0.25, 0.3) is 0 Å². The van der Waals surface area contributed by atoms with Crippen molar-refractivity contribution in [1.82, 2.24) is 0 Å². The molecule has 6 heterocycles. The van der Waals surface area contributed by atoms with Crippen molar-refractivity contribution in [3.63, 3.8) is 0 Å². The van der Waals surface area contributed by atoms with Crippen LogP contribution in [0.5, 0.6) is 0 Å². The average Bonchev–Trinajstić information content (AvgIpc) is 2.59. The average molecular weight is 731 g/mol. The lowest BCUT2D eigenvalue weighted by molar-refractivity contribution is -0.0175. The Kier molecular flexibility index (Phi) is 10.1. The van der Waals surface area contributed by atoms with Gasteiger partial charge in [0.05, 0.1) is 0 Å². The minimum Gasteiger partial charge on any atom is -0.424 e. The van der Waals surface area contributed by atoms with Crippen molar-refractivity contribution in [3.05, 3.63) is 0 Å². The molecule has 0 unspecified atom stereocenters. The second kappa shape index (κ2) is 11.2. The predicted octanol–water partition coefficient (Wildman–Crippen LogP) is 2.89. The molecule has 0 amide bonds. The van der Waals surface area contributed by atoms with Crippen molar-refractivity contribution in [2.75, 3.05) is 14.2 Å². The summed E-state index contributed by atoms with van der Waals surface area (Å²) in [6.45, 7) is 24.7. The van der Waals surface area contributed by atoms with Crippen molar-refractivity contribution < 1.29 is 58.2 Å². The van der Waals surface area contributed by atoms with E-state index in [0.29, 0.717) is 0 Å². The summed E-state index contributed by atoms with van der Waals surface area (Å²) < 4.78 is 86.7. The van der Waals surface area contributed by atoms with Crippen molar-refractivity contribution in [1.29, 1.82) is 0 Å². The quantitative estimate of drug-likeness (QED) is 0.386. The first-order valence-electron chi connectivity index (χ1n) is 12.8. The van der Waals surface area contributed by atoms with Crippen LogP contribution in [0, 0.1) is 0 Å². The van der Waals surface area contributed by atoms with Crippen molar-refractivity contribution in [2.45, 2.75) is 85.1 Å². The molecule has 6 rings (SSSR count). The van der Waals surface area contributed by atoms with Gasteiger partial charge in [-0.05, 0) is 32.7 Å². The summed E-state index contributed by atoms with van der Waals surface area (Å²) >= 11 is 0. The van der Waals surface area contributed by atoms with E-state index in [2.05, 4.69) is 32.7 Å². The highest BCUT2D eigenvalue weighted by atomic mass is 28.6. The Morgan fingerprint density at radius 2 is 0.513 bits per heavy atom. The van der Waals surface area contributed by atoms with Gasteiger partial charge in [0.15, 0.2) is 17.4 Å². The number of hydrogen-bond acceptors (Lipinski definition) is 14. The lowest BCUT2D eigenvalue weighted by Crippen LogP contribution is -2.86. The normalized spacial score (nSPS) is 50.5. The third-order valence-corrected chi connectivity index (χ3v) is 43.3. The molecule has 0 aliphatic carbocycles. The minimum atomic E-state index is -3.40. The van der Waals surface area contributed by atoms with E-state index in [-0.39, 0.29) is 0 Å². The fourth-order valence-corrected chi connectivity index (χ4v) is 49.9. The van der Waals surface area contributed by atoms with Gasteiger partial charge in [-0.1, -0.05) is 0 Å². The molecule has 6 aliphatic rings. The van der Waals surface area contributed by atoms with Crippen molar-refractivity contribution >= 4 is 87.8 Å². The zero-order valence-corrected chi connectivity index (χ0v) is 35.9. The molecule has 0 aromatic rings. The fraction of sp³-hybridized carbons (Fsp3) is 1.00. The van der Waals surface area contributed by atoms with Crippen LogP contribution in [0.2, 0.25) is 85.1 Å². The Balaban J connectivity index is 0.000000326. The molecular weight excluding hydrogens is 685 g/mol. The number of rotatable bonds is 2. The van der Waals surface area contributed by atoms with Gasteiger partial charge >= 0.3 is 70.4 Å². The monoisotopic (exact) mass is 730 g/mol. The highest BCUT2D eigenvalue weighted by Gasteiger charge is 2.78. The Bertz CT molecular complexity index is 660. The maximum absolute atomic E-state index is 6.39. The van der Waals surface area contributed by atoms with Crippen LogP contribution >= 0.6 is 0 Å². The zero-order chi connectivity index (χ0) is 30.0. The van der Waals surface area contributed by atoms with Crippen LogP contribution in [-0.4, -0.2) is 102 Å². The van der Waals surface area contributed by atoms with Crippen LogP contribution < -0.4 is 0 Å². The van der Waals surface area contributed by atoms with Gasteiger partial charge in [-0.25, -0.2) is 0 Å². The molecule has 0 aromatic carbocycles. The third-order valence-electron chi connectivity index (χ3n) is 5.53. The van der Waals surface area contributed by atoms with Crippen molar-refractivity contribution in [3.8, 4) is 0 Å². The summed E-state index contributed by atoms with van der Waals surface area (Å²) in [7, 11) is -25.4. The van der Waals surface area contributed by atoms with E-state index < -0.39 is 87.8 Å². The Hall–Kier alpha value is 1.61. The number of hydrogen-bond donors (Lipinski definition) is 0. The second-order valence-electron chi connectivity index (χ2n) is 11.7. The molecule has 24 heteroatoms. The van der Waals surface area contributed by atoms with Gasteiger partial charge in [-0.2, -0.15) is 0 Å². The van der Waals surface area contributed by atoms with Crippen LogP contribution in [0.15, 0.2) is 0 Å². The van der Waals surface area contributed by atoms with E-state index >= 15 is 0 Å². The molecule has 39 heavy (non-hydrogen) atoms. The molecule has 0 saturated carbocycles. The van der Waals surface area contributed by atoms with Crippen LogP contribution in [0.25, 0.3) is 0 Å². The first kappa shape index (κ1) is 35.1. The van der Waals surface area contributed by atoms with E-state index in [0.717, 1.165) is 0 Å². The summed E-state index contributed by atoms with van der Waals surface area (Å²) in [5.74, 6) is 0. The van der Waals surface area contributed by atoms with Gasteiger partial charge in [-0.15, -0.1) is 0 Å². The van der Waals surface area contributed by atoms with Gasteiger partial charge < -0.3 is 58.2 Å². The summed E-state index contributed by atoms with van der Waals surface area (Å²) in [4.78, 5) is 0. The summed E-state index contributed by atoms with van der Waals surface area (Å²) in [5, 5.41) is 0. The largest absolute Gasteiger partial charge is 0.475 e. The zero-order valence-electron chi connectivity index (χ0n) is 25.8. The van der Waals surface area contributed by atoms with E-state index in [1.165, 1.54) is 0 Å². The molecule has 0 aromatic heterocycles. The second-order valence-corrected chi connectivity index (χ2v) is 42.5. The molecule has 14 nitrogen and oxygen atoms in total. The molecule has 0 radical (unpaired) electrons. The first-order valence-corrected chi connectivity index (χ1v) is 36.8. The highest BCUT2D eigenvalue weighted by Crippen LogP contribution is 2.47. The predicted molar refractivity (Wildman–Crippen MR) is 162 cm³/mol. The molecule has 0 N–H and O–H groups in total. The van der Waals surface area contributed by atoms with Gasteiger partial charge in [0.1, 0.15) is 0 Å². The Morgan fingerprint density at radius 3 is 0.564 bits per heavy atom. The fourth-order valence-electron chi connectivity index (χ4n) is 4.54. The molecule has 8 bridgehead atoms. The molecule has 0 atom stereocenters. The van der Waals surface area contributed by atoms with E-state index in [4.69, 9.17) is 58.2 Å². The van der Waals surface area contributed by atoms with Crippen LogP contribution in [0.4, 0.5) is 0 Å². The lowest BCUT2D eigenvalue weighted by Gasteiger charge is -2.60.